The quantitative estimate of drug-likeness (QED) is 0.610. The van der Waals surface area contributed by atoms with Crippen LogP contribution >= 0.6 is 0 Å². The second-order valence-electron chi connectivity index (χ2n) is 3.23. The summed E-state index contributed by atoms with van der Waals surface area (Å²) >= 11 is 0. The summed E-state index contributed by atoms with van der Waals surface area (Å²) in [5.74, 6) is 0. The summed E-state index contributed by atoms with van der Waals surface area (Å²) in [5, 5.41) is 0. The maximum Gasteiger partial charge on any atom is 0.508 e. The minimum atomic E-state index is -0.567. The number of likely N-dealkylation sites (tertiary alicyclic amines) is 1. The standard InChI is InChI=1S/C9H17NO3/c1-3-10-6-4-5-8(7-10)13-9(11)12-2/h8H,3-7H2,1-2H3. The van der Waals surface area contributed by atoms with E-state index in [1.54, 1.807) is 0 Å². The molecule has 1 saturated heterocycles. The number of hydrogen-bond donors (Lipinski definition) is 0. The molecule has 1 atom stereocenters. The van der Waals surface area contributed by atoms with Gasteiger partial charge in [0.1, 0.15) is 6.10 Å². The molecule has 0 N–H and O–H groups in total. The number of piperidine rings is 1. The highest BCUT2D eigenvalue weighted by atomic mass is 16.7. The maximum absolute atomic E-state index is 10.8. The number of likely N-dealkylation sites (N-methyl/N-ethyl adjacent to an activating group) is 1. The number of nitrogens with zero attached hydrogens (tertiary/aromatic N) is 1. The van der Waals surface area contributed by atoms with Crippen molar-refractivity contribution < 1.29 is 14.3 Å². The third-order valence-corrected chi connectivity index (χ3v) is 2.34. The lowest BCUT2D eigenvalue weighted by Crippen LogP contribution is -2.40. The van der Waals surface area contributed by atoms with Crippen LogP contribution in [0.4, 0.5) is 4.79 Å². The van der Waals surface area contributed by atoms with Gasteiger partial charge in [0, 0.05) is 6.54 Å². The number of carbonyl (C=O) groups is 1. The zero-order valence-electron chi connectivity index (χ0n) is 8.28. The van der Waals surface area contributed by atoms with Crippen LogP contribution in [-0.2, 0) is 9.47 Å². The third kappa shape index (κ3) is 3.22. The Morgan fingerprint density at radius 1 is 1.62 bits per heavy atom. The van der Waals surface area contributed by atoms with Crippen LogP contribution in [0.5, 0.6) is 0 Å². The van der Waals surface area contributed by atoms with Gasteiger partial charge in [-0.15, -0.1) is 0 Å². The number of rotatable bonds is 2. The van der Waals surface area contributed by atoms with Gasteiger partial charge in [0.05, 0.1) is 7.11 Å². The normalized spacial score (nSPS) is 24.0. The van der Waals surface area contributed by atoms with Crippen molar-refractivity contribution in [3.8, 4) is 0 Å². The van der Waals surface area contributed by atoms with Crippen LogP contribution in [0.3, 0.4) is 0 Å². The van der Waals surface area contributed by atoms with Gasteiger partial charge in [-0.05, 0) is 25.9 Å². The van der Waals surface area contributed by atoms with Gasteiger partial charge in [-0.1, -0.05) is 6.92 Å². The maximum atomic E-state index is 10.8. The molecule has 1 heterocycles. The van der Waals surface area contributed by atoms with Crippen molar-refractivity contribution in [3.63, 3.8) is 0 Å². The first kappa shape index (κ1) is 10.3. The predicted molar refractivity (Wildman–Crippen MR) is 48.6 cm³/mol. The van der Waals surface area contributed by atoms with Crippen LogP contribution in [0.2, 0.25) is 0 Å². The van der Waals surface area contributed by atoms with Gasteiger partial charge < -0.3 is 9.47 Å². The van der Waals surface area contributed by atoms with Crippen molar-refractivity contribution >= 4 is 6.16 Å². The molecule has 1 aliphatic heterocycles. The third-order valence-electron chi connectivity index (χ3n) is 2.34. The van der Waals surface area contributed by atoms with Crippen LogP contribution in [0.1, 0.15) is 19.8 Å². The highest BCUT2D eigenvalue weighted by Crippen LogP contribution is 2.13. The fraction of sp³-hybridized carbons (Fsp3) is 0.889. The Morgan fingerprint density at radius 3 is 3.00 bits per heavy atom. The second kappa shape index (κ2) is 5.07. The van der Waals surface area contributed by atoms with E-state index in [1.165, 1.54) is 7.11 Å². The number of methoxy groups -OCH3 is 1. The predicted octanol–water partition coefficient (Wildman–Crippen LogP) is 1.25. The van der Waals surface area contributed by atoms with Gasteiger partial charge in [-0.2, -0.15) is 0 Å². The van der Waals surface area contributed by atoms with E-state index in [2.05, 4.69) is 16.6 Å². The van der Waals surface area contributed by atoms with E-state index >= 15 is 0 Å². The van der Waals surface area contributed by atoms with E-state index in [1.807, 2.05) is 0 Å². The number of carbonyl (C=O) groups excluding carboxylic acids is 1. The molecule has 0 amide bonds. The molecule has 0 radical (unpaired) electrons. The van der Waals surface area contributed by atoms with Crippen LogP contribution in [0, 0.1) is 0 Å². The van der Waals surface area contributed by atoms with Gasteiger partial charge in [-0.25, -0.2) is 4.79 Å². The molecule has 0 aromatic carbocycles. The first-order valence-electron chi connectivity index (χ1n) is 4.73. The molecule has 0 spiro atoms. The van der Waals surface area contributed by atoms with Crippen LogP contribution in [-0.4, -0.2) is 43.9 Å². The van der Waals surface area contributed by atoms with Crippen LogP contribution in [0.15, 0.2) is 0 Å². The smallest absolute Gasteiger partial charge is 0.438 e. The molecular weight excluding hydrogens is 170 g/mol. The zero-order chi connectivity index (χ0) is 9.68. The van der Waals surface area contributed by atoms with Gasteiger partial charge in [0.15, 0.2) is 0 Å². The molecule has 13 heavy (non-hydrogen) atoms. The molecule has 1 unspecified atom stereocenters. The number of ether oxygens (including phenoxy) is 2. The van der Waals surface area contributed by atoms with Gasteiger partial charge in [-0.3, -0.25) is 4.90 Å². The lowest BCUT2D eigenvalue weighted by atomic mass is 10.1. The SMILES string of the molecule is CCN1CCCC(OC(=O)OC)C1. The molecule has 0 aromatic rings. The van der Waals surface area contributed by atoms with Crippen molar-refractivity contribution in [2.45, 2.75) is 25.9 Å². The largest absolute Gasteiger partial charge is 0.508 e. The van der Waals surface area contributed by atoms with Crippen molar-refractivity contribution in [1.82, 2.24) is 4.90 Å². The molecule has 1 fully saturated rings. The molecule has 76 valence electrons. The summed E-state index contributed by atoms with van der Waals surface area (Å²) in [7, 11) is 1.34. The van der Waals surface area contributed by atoms with Crippen molar-refractivity contribution in [3.05, 3.63) is 0 Å². The fourth-order valence-corrected chi connectivity index (χ4v) is 1.58. The van der Waals surface area contributed by atoms with Gasteiger partial charge in [0.2, 0.25) is 0 Å². The topological polar surface area (TPSA) is 38.8 Å². The van der Waals surface area contributed by atoms with Gasteiger partial charge >= 0.3 is 6.16 Å². The molecule has 4 nitrogen and oxygen atoms in total. The van der Waals surface area contributed by atoms with E-state index in [4.69, 9.17) is 4.74 Å². The monoisotopic (exact) mass is 187 g/mol. The molecular formula is C9H17NO3. The lowest BCUT2D eigenvalue weighted by Gasteiger charge is -2.30. The summed E-state index contributed by atoms with van der Waals surface area (Å²) in [6, 6.07) is 0. The molecule has 1 aliphatic rings. The Labute approximate surface area is 78.8 Å². The van der Waals surface area contributed by atoms with Crippen molar-refractivity contribution in [2.75, 3.05) is 26.7 Å². The molecule has 0 aromatic heterocycles. The molecule has 1 rings (SSSR count). The van der Waals surface area contributed by atoms with Gasteiger partial charge in [0.25, 0.3) is 0 Å². The van der Waals surface area contributed by atoms with E-state index < -0.39 is 6.16 Å². The molecule has 0 aliphatic carbocycles. The average molecular weight is 187 g/mol. The summed E-state index contributed by atoms with van der Waals surface area (Å²) in [6.45, 7) is 5.07. The first-order chi connectivity index (χ1) is 6.26. The summed E-state index contributed by atoms with van der Waals surface area (Å²) in [6.07, 6.45) is 1.49. The molecule has 0 saturated carbocycles. The highest BCUT2D eigenvalue weighted by Gasteiger charge is 2.21. The molecule has 4 heteroatoms. The van der Waals surface area contributed by atoms with Crippen molar-refractivity contribution in [2.24, 2.45) is 0 Å². The Hall–Kier alpha value is -0.770. The minimum Gasteiger partial charge on any atom is -0.438 e. The highest BCUT2D eigenvalue weighted by molar-refractivity contribution is 5.59. The Morgan fingerprint density at radius 2 is 2.38 bits per heavy atom. The van der Waals surface area contributed by atoms with Crippen LogP contribution < -0.4 is 0 Å². The Balaban J connectivity index is 2.29. The first-order valence-corrected chi connectivity index (χ1v) is 4.73. The zero-order valence-corrected chi connectivity index (χ0v) is 8.28. The lowest BCUT2D eigenvalue weighted by molar-refractivity contribution is 0.00503. The van der Waals surface area contributed by atoms with E-state index in [9.17, 15) is 4.79 Å². The van der Waals surface area contributed by atoms with E-state index in [-0.39, 0.29) is 6.10 Å². The number of hydrogen-bond acceptors (Lipinski definition) is 4. The van der Waals surface area contributed by atoms with E-state index in [0.29, 0.717) is 0 Å². The Kier molecular flexibility index (Phi) is 4.02. The van der Waals surface area contributed by atoms with Crippen molar-refractivity contribution in [1.29, 1.82) is 0 Å². The summed E-state index contributed by atoms with van der Waals surface area (Å²) in [5.41, 5.74) is 0. The minimum absolute atomic E-state index is 0.0150. The average Bonchev–Trinajstić information content (AvgIpc) is 2.18. The fourth-order valence-electron chi connectivity index (χ4n) is 1.58. The second-order valence-corrected chi connectivity index (χ2v) is 3.23. The van der Waals surface area contributed by atoms with Crippen LogP contribution in [0.25, 0.3) is 0 Å². The summed E-state index contributed by atoms with van der Waals surface area (Å²) in [4.78, 5) is 13.1. The Bertz CT molecular complexity index is 172. The van der Waals surface area contributed by atoms with E-state index in [0.717, 1.165) is 32.5 Å². The summed E-state index contributed by atoms with van der Waals surface area (Å²) < 4.78 is 9.51. The molecule has 0 bridgehead atoms.